The van der Waals surface area contributed by atoms with Gasteiger partial charge in [0.25, 0.3) is 5.91 Å². The zero-order valence-electron chi connectivity index (χ0n) is 14.6. The zero-order chi connectivity index (χ0) is 20.1. The van der Waals surface area contributed by atoms with Crippen molar-refractivity contribution in [3.8, 4) is 5.75 Å². The lowest BCUT2D eigenvalue weighted by Crippen LogP contribution is -2.15. The molecule has 0 saturated heterocycles. The number of methoxy groups -OCH3 is 1. The van der Waals surface area contributed by atoms with Crippen LogP contribution in [-0.4, -0.2) is 23.2 Å². The number of carbonyl (C=O) groups is 1. The first-order valence-electron chi connectivity index (χ1n) is 8.08. The van der Waals surface area contributed by atoms with Gasteiger partial charge in [-0.1, -0.05) is 0 Å². The summed E-state index contributed by atoms with van der Waals surface area (Å²) in [7, 11) is 1.57. The molecule has 1 amide bonds. The van der Waals surface area contributed by atoms with Crippen LogP contribution in [0.2, 0.25) is 0 Å². The van der Waals surface area contributed by atoms with E-state index >= 15 is 0 Å². The van der Waals surface area contributed by atoms with Crippen molar-refractivity contribution in [3.05, 3.63) is 71.9 Å². The van der Waals surface area contributed by atoms with Crippen LogP contribution in [0.3, 0.4) is 0 Å². The smallest absolute Gasteiger partial charge is 0.416 e. The number of ether oxygens (including phenoxy) is 1. The van der Waals surface area contributed by atoms with Crippen molar-refractivity contribution in [1.82, 2.24) is 10.2 Å². The summed E-state index contributed by atoms with van der Waals surface area (Å²) in [5.74, 6) is 0.562. The van der Waals surface area contributed by atoms with Crippen molar-refractivity contribution >= 4 is 23.1 Å². The Kier molecular flexibility index (Phi) is 5.44. The molecule has 9 heteroatoms. The highest BCUT2D eigenvalue weighted by Gasteiger charge is 2.30. The summed E-state index contributed by atoms with van der Waals surface area (Å²) in [6, 6.07) is 14.3. The zero-order valence-corrected chi connectivity index (χ0v) is 14.6. The minimum absolute atomic E-state index is 0.0279. The van der Waals surface area contributed by atoms with Crippen LogP contribution < -0.4 is 15.4 Å². The summed E-state index contributed by atoms with van der Waals surface area (Å²) in [6.07, 6.45) is -4.43. The summed E-state index contributed by atoms with van der Waals surface area (Å²) in [5.41, 5.74) is 0.219. The predicted octanol–water partition coefficient (Wildman–Crippen LogP) is 4.50. The van der Waals surface area contributed by atoms with E-state index in [9.17, 15) is 18.0 Å². The van der Waals surface area contributed by atoms with Gasteiger partial charge in [0.15, 0.2) is 11.5 Å². The SMILES string of the molecule is COc1ccc(Nc2ccc(C(=O)Nc3ccc(C(F)(F)F)cc3)nn2)cc1. The van der Waals surface area contributed by atoms with Crippen molar-refractivity contribution < 1.29 is 22.7 Å². The number of amides is 1. The standard InChI is InChI=1S/C19H15F3N4O2/c1-28-15-8-6-13(7-9-15)23-17-11-10-16(25-26-17)18(27)24-14-4-2-12(3-5-14)19(20,21)22/h2-11H,1H3,(H,23,26)(H,24,27). The molecule has 2 N–H and O–H groups in total. The number of halogens is 3. The van der Waals surface area contributed by atoms with Crippen molar-refractivity contribution in [2.24, 2.45) is 0 Å². The first kappa shape index (κ1) is 19.2. The van der Waals surface area contributed by atoms with Gasteiger partial charge >= 0.3 is 6.18 Å². The highest BCUT2D eigenvalue weighted by molar-refractivity contribution is 6.02. The third-order valence-electron chi connectivity index (χ3n) is 3.73. The number of anilines is 3. The molecule has 0 radical (unpaired) electrons. The van der Waals surface area contributed by atoms with Crippen LogP contribution in [0.25, 0.3) is 0 Å². The molecule has 3 aromatic rings. The van der Waals surface area contributed by atoms with Gasteiger partial charge in [0.1, 0.15) is 5.75 Å². The third kappa shape index (κ3) is 4.76. The number of carbonyl (C=O) groups excluding carboxylic acids is 1. The Morgan fingerprint density at radius 3 is 2.07 bits per heavy atom. The first-order chi connectivity index (χ1) is 13.3. The Morgan fingerprint density at radius 1 is 0.893 bits per heavy atom. The van der Waals surface area contributed by atoms with Gasteiger partial charge in [-0.2, -0.15) is 13.2 Å². The topological polar surface area (TPSA) is 76.1 Å². The van der Waals surface area contributed by atoms with Crippen LogP contribution in [0.15, 0.2) is 60.7 Å². The maximum Gasteiger partial charge on any atom is 0.416 e. The number of nitrogens with zero attached hydrogens (tertiary/aromatic N) is 2. The molecular weight excluding hydrogens is 373 g/mol. The lowest BCUT2D eigenvalue weighted by molar-refractivity contribution is -0.137. The fraction of sp³-hybridized carbons (Fsp3) is 0.105. The van der Waals surface area contributed by atoms with E-state index in [1.54, 1.807) is 37.4 Å². The molecule has 2 aromatic carbocycles. The van der Waals surface area contributed by atoms with Crippen LogP contribution in [0.4, 0.5) is 30.4 Å². The van der Waals surface area contributed by atoms with Crippen molar-refractivity contribution in [1.29, 1.82) is 0 Å². The van der Waals surface area contributed by atoms with Gasteiger partial charge < -0.3 is 15.4 Å². The summed E-state index contributed by atoms with van der Waals surface area (Å²) in [5, 5.41) is 13.3. The number of nitrogens with one attached hydrogen (secondary N) is 2. The van der Waals surface area contributed by atoms with E-state index in [1.165, 1.54) is 18.2 Å². The molecule has 0 bridgehead atoms. The van der Waals surface area contributed by atoms with Gasteiger partial charge in [0, 0.05) is 11.4 Å². The van der Waals surface area contributed by atoms with E-state index in [0.29, 0.717) is 11.6 Å². The number of benzene rings is 2. The second kappa shape index (κ2) is 7.95. The summed E-state index contributed by atoms with van der Waals surface area (Å²) in [4.78, 5) is 12.2. The van der Waals surface area contributed by atoms with Gasteiger partial charge in [-0.25, -0.2) is 0 Å². The molecule has 1 heterocycles. The third-order valence-corrected chi connectivity index (χ3v) is 3.73. The molecule has 144 valence electrons. The molecule has 0 saturated carbocycles. The second-order valence-corrected chi connectivity index (χ2v) is 5.69. The molecule has 6 nitrogen and oxygen atoms in total. The van der Waals surface area contributed by atoms with Crippen LogP contribution in [0.5, 0.6) is 5.75 Å². The Hall–Kier alpha value is -3.62. The molecule has 0 atom stereocenters. The van der Waals surface area contributed by atoms with Crippen LogP contribution in [-0.2, 0) is 6.18 Å². The minimum atomic E-state index is -4.43. The fourth-order valence-corrected chi connectivity index (χ4v) is 2.28. The lowest BCUT2D eigenvalue weighted by Gasteiger charge is -2.09. The van der Waals surface area contributed by atoms with Gasteiger partial charge in [0.2, 0.25) is 0 Å². The summed E-state index contributed by atoms with van der Waals surface area (Å²) in [6.45, 7) is 0. The molecule has 0 spiro atoms. The van der Waals surface area contributed by atoms with Gasteiger partial charge in [-0.05, 0) is 60.7 Å². The van der Waals surface area contributed by atoms with E-state index in [2.05, 4.69) is 20.8 Å². The van der Waals surface area contributed by atoms with E-state index < -0.39 is 17.6 Å². The normalized spacial score (nSPS) is 11.0. The van der Waals surface area contributed by atoms with Gasteiger partial charge in [0.05, 0.1) is 12.7 Å². The van der Waals surface area contributed by atoms with E-state index in [1.807, 2.05) is 0 Å². The van der Waals surface area contributed by atoms with E-state index in [-0.39, 0.29) is 11.4 Å². The Bertz CT molecular complexity index is 941. The lowest BCUT2D eigenvalue weighted by atomic mass is 10.2. The molecule has 0 fully saturated rings. The summed E-state index contributed by atoms with van der Waals surface area (Å²) < 4.78 is 42.8. The summed E-state index contributed by atoms with van der Waals surface area (Å²) >= 11 is 0. The van der Waals surface area contributed by atoms with Crippen LogP contribution in [0.1, 0.15) is 16.1 Å². The molecule has 1 aromatic heterocycles. The van der Waals surface area contributed by atoms with Crippen LogP contribution >= 0.6 is 0 Å². The van der Waals surface area contributed by atoms with Crippen molar-refractivity contribution in [2.45, 2.75) is 6.18 Å². The van der Waals surface area contributed by atoms with Gasteiger partial charge in [-0.3, -0.25) is 4.79 Å². The molecule has 0 aliphatic heterocycles. The number of rotatable bonds is 5. The molecular formula is C19H15F3N4O2. The van der Waals surface area contributed by atoms with Crippen LogP contribution in [0, 0.1) is 0 Å². The maximum absolute atomic E-state index is 12.6. The predicted molar refractivity (Wildman–Crippen MR) is 97.7 cm³/mol. The van der Waals surface area contributed by atoms with Gasteiger partial charge in [-0.15, -0.1) is 10.2 Å². The largest absolute Gasteiger partial charge is 0.497 e. The average Bonchev–Trinajstić information content (AvgIpc) is 2.69. The molecule has 3 rings (SSSR count). The molecule has 0 unspecified atom stereocenters. The van der Waals surface area contributed by atoms with Crippen molar-refractivity contribution in [2.75, 3.05) is 17.7 Å². The van der Waals surface area contributed by atoms with Crippen molar-refractivity contribution in [3.63, 3.8) is 0 Å². The quantitative estimate of drug-likeness (QED) is 0.673. The minimum Gasteiger partial charge on any atom is -0.497 e. The Labute approximate surface area is 158 Å². The monoisotopic (exact) mass is 388 g/mol. The highest BCUT2D eigenvalue weighted by atomic mass is 19.4. The van der Waals surface area contributed by atoms with E-state index in [0.717, 1.165) is 17.8 Å². The molecule has 28 heavy (non-hydrogen) atoms. The number of hydrogen-bond acceptors (Lipinski definition) is 5. The maximum atomic E-state index is 12.6. The van der Waals surface area contributed by atoms with E-state index in [4.69, 9.17) is 4.74 Å². The Balaban J connectivity index is 1.63. The molecule has 0 aliphatic carbocycles. The second-order valence-electron chi connectivity index (χ2n) is 5.69. The first-order valence-corrected chi connectivity index (χ1v) is 8.08. The molecule has 0 aliphatic rings. The number of alkyl halides is 3. The fourth-order valence-electron chi connectivity index (χ4n) is 2.28. The average molecular weight is 388 g/mol. The number of hydrogen-bond donors (Lipinski definition) is 2. The Morgan fingerprint density at radius 2 is 1.54 bits per heavy atom. The number of aromatic nitrogens is 2. The highest BCUT2D eigenvalue weighted by Crippen LogP contribution is 2.29.